The second-order valence-corrected chi connectivity index (χ2v) is 5.51. The lowest BCUT2D eigenvalue weighted by atomic mass is 9.89. The van der Waals surface area contributed by atoms with Gasteiger partial charge in [-0.1, -0.05) is 24.3 Å². The molecule has 2 rings (SSSR count). The van der Waals surface area contributed by atoms with Crippen LogP contribution in [0.3, 0.4) is 0 Å². The van der Waals surface area contributed by atoms with Gasteiger partial charge in [0, 0.05) is 26.3 Å². The molecule has 4 heteroatoms. The van der Waals surface area contributed by atoms with Gasteiger partial charge in [-0.05, 0) is 37.8 Å². The van der Waals surface area contributed by atoms with Crippen LogP contribution in [0.5, 0.6) is 0 Å². The molecular formula is C16H24N2O2. The van der Waals surface area contributed by atoms with Gasteiger partial charge in [-0.2, -0.15) is 0 Å². The summed E-state index contributed by atoms with van der Waals surface area (Å²) in [5, 5.41) is 0. The minimum atomic E-state index is -0.753. The molecule has 0 radical (unpaired) electrons. The molecule has 0 spiro atoms. The van der Waals surface area contributed by atoms with Crippen molar-refractivity contribution in [3.05, 3.63) is 35.4 Å². The Bertz CT molecular complexity index is 467. The largest absolute Gasteiger partial charge is 0.381 e. The summed E-state index contributed by atoms with van der Waals surface area (Å²) < 4.78 is 5.32. The molecule has 1 aliphatic heterocycles. The fourth-order valence-corrected chi connectivity index (χ4v) is 2.58. The van der Waals surface area contributed by atoms with Crippen molar-refractivity contribution in [2.24, 2.45) is 5.73 Å². The lowest BCUT2D eigenvalue weighted by Gasteiger charge is -2.36. The number of hydrogen-bond donors (Lipinski definition) is 1. The first-order chi connectivity index (χ1) is 9.57. The van der Waals surface area contributed by atoms with Gasteiger partial charge >= 0.3 is 0 Å². The Kier molecular flexibility index (Phi) is 4.78. The van der Waals surface area contributed by atoms with Crippen LogP contribution in [-0.4, -0.2) is 36.1 Å². The molecule has 1 saturated heterocycles. The zero-order valence-electron chi connectivity index (χ0n) is 12.4. The van der Waals surface area contributed by atoms with Crippen molar-refractivity contribution in [2.75, 3.05) is 19.8 Å². The predicted molar refractivity (Wildman–Crippen MR) is 79.2 cm³/mol. The molecule has 0 saturated carbocycles. The van der Waals surface area contributed by atoms with E-state index in [0.717, 1.165) is 0 Å². The van der Waals surface area contributed by atoms with Crippen molar-refractivity contribution in [2.45, 2.75) is 38.8 Å². The lowest BCUT2D eigenvalue weighted by Crippen LogP contribution is -2.57. The van der Waals surface area contributed by atoms with Crippen molar-refractivity contribution in [3.8, 4) is 0 Å². The first kappa shape index (κ1) is 15.0. The van der Waals surface area contributed by atoms with E-state index in [9.17, 15) is 4.79 Å². The zero-order valence-corrected chi connectivity index (χ0v) is 12.4. The SMILES string of the molecule is CCN(Cc1ccccc1C)C(=O)C1(N)CCOCC1. The van der Waals surface area contributed by atoms with Crippen LogP contribution in [0.2, 0.25) is 0 Å². The van der Waals surface area contributed by atoms with Crippen molar-refractivity contribution in [3.63, 3.8) is 0 Å². The van der Waals surface area contributed by atoms with Gasteiger partial charge in [0.1, 0.15) is 0 Å². The molecule has 0 atom stereocenters. The number of carbonyl (C=O) groups excluding carboxylic acids is 1. The first-order valence-electron chi connectivity index (χ1n) is 7.27. The molecule has 1 fully saturated rings. The Morgan fingerprint density at radius 3 is 2.60 bits per heavy atom. The fourth-order valence-electron chi connectivity index (χ4n) is 2.58. The first-order valence-corrected chi connectivity index (χ1v) is 7.27. The van der Waals surface area contributed by atoms with Crippen LogP contribution in [0.15, 0.2) is 24.3 Å². The van der Waals surface area contributed by atoms with Gasteiger partial charge in [-0.25, -0.2) is 0 Å². The number of amides is 1. The highest BCUT2D eigenvalue weighted by Gasteiger charge is 2.38. The van der Waals surface area contributed by atoms with E-state index in [0.29, 0.717) is 39.1 Å². The van der Waals surface area contributed by atoms with Crippen LogP contribution in [0.4, 0.5) is 0 Å². The van der Waals surface area contributed by atoms with Crippen LogP contribution < -0.4 is 5.73 Å². The summed E-state index contributed by atoms with van der Waals surface area (Å²) in [6.07, 6.45) is 1.21. The van der Waals surface area contributed by atoms with Gasteiger partial charge < -0.3 is 15.4 Å². The van der Waals surface area contributed by atoms with E-state index in [2.05, 4.69) is 19.1 Å². The molecule has 1 aromatic rings. The fraction of sp³-hybridized carbons (Fsp3) is 0.562. The molecule has 0 bridgehead atoms. The monoisotopic (exact) mass is 276 g/mol. The van der Waals surface area contributed by atoms with Crippen LogP contribution in [-0.2, 0) is 16.1 Å². The predicted octanol–water partition coefficient (Wildman–Crippen LogP) is 1.85. The van der Waals surface area contributed by atoms with Gasteiger partial charge in [0.25, 0.3) is 0 Å². The van der Waals surface area contributed by atoms with E-state index in [1.807, 2.05) is 24.0 Å². The molecule has 0 aliphatic carbocycles. The highest BCUT2D eigenvalue weighted by Crippen LogP contribution is 2.22. The van der Waals surface area contributed by atoms with Crippen LogP contribution >= 0.6 is 0 Å². The molecule has 0 aromatic heterocycles. The molecule has 0 unspecified atom stereocenters. The maximum absolute atomic E-state index is 12.7. The summed E-state index contributed by atoms with van der Waals surface area (Å²) in [5.74, 6) is 0.0477. The number of nitrogens with two attached hydrogens (primary N) is 1. The standard InChI is InChI=1S/C16H24N2O2/c1-3-18(12-14-7-5-4-6-13(14)2)15(19)16(17)8-10-20-11-9-16/h4-7H,3,8-12,17H2,1-2H3. The number of nitrogens with zero attached hydrogens (tertiary/aromatic N) is 1. The van der Waals surface area contributed by atoms with E-state index in [1.165, 1.54) is 11.1 Å². The molecule has 1 aromatic carbocycles. The van der Waals surface area contributed by atoms with Crippen molar-refractivity contribution >= 4 is 5.91 Å². The topological polar surface area (TPSA) is 55.6 Å². The number of benzene rings is 1. The number of ether oxygens (including phenoxy) is 1. The van der Waals surface area contributed by atoms with Gasteiger partial charge in [0.05, 0.1) is 5.54 Å². The van der Waals surface area contributed by atoms with Gasteiger partial charge in [-0.3, -0.25) is 4.79 Å². The normalized spacial score (nSPS) is 17.8. The van der Waals surface area contributed by atoms with E-state index >= 15 is 0 Å². The second-order valence-electron chi connectivity index (χ2n) is 5.51. The summed E-state index contributed by atoms with van der Waals surface area (Å²) in [5.41, 5.74) is 7.93. The number of hydrogen-bond acceptors (Lipinski definition) is 3. The Labute approximate surface area is 120 Å². The summed E-state index contributed by atoms with van der Waals surface area (Å²) in [6, 6.07) is 8.16. The van der Waals surface area contributed by atoms with E-state index in [4.69, 9.17) is 10.5 Å². The maximum atomic E-state index is 12.7. The molecule has 1 amide bonds. The quantitative estimate of drug-likeness (QED) is 0.913. The Morgan fingerprint density at radius 1 is 1.35 bits per heavy atom. The smallest absolute Gasteiger partial charge is 0.243 e. The third-order valence-electron chi connectivity index (χ3n) is 4.10. The molecule has 1 aliphatic rings. The molecule has 110 valence electrons. The van der Waals surface area contributed by atoms with Gasteiger partial charge in [0.2, 0.25) is 5.91 Å². The van der Waals surface area contributed by atoms with Gasteiger partial charge in [0.15, 0.2) is 0 Å². The molecule has 4 nitrogen and oxygen atoms in total. The highest BCUT2D eigenvalue weighted by atomic mass is 16.5. The Morgan fingerprint density at radius 2 is 2.00 bits per heavy atom. The summed E-state index contributed by atoms with van der Waals surface area (Å²) in [7, 11) is 0. The summed E-state index contributed by atoms with van der Waals surface area (Å²) >= 11 is 0. The average Bonchev–Trinajstić information content (AvgIpc) is 2.46. The van der Waals surface area contributed by atoms with Crippen LogP contribution in [0.1, 0.15) is 30.9 Å². The highest BCUT2D eigenvalue weighted by molar-refractivity contribution is 5.86. The third-order valence-corrected chi connectivity index (χ3v) is 4.10. The van der Waals surface area contributed by atoms with Crippen LogP contribution in [0, 0.1) is 6.92 Å². The average molecular weight is 276 g/mol. The van der Waals surface area contributed by atoms with E-state index < -0.39 is 5.54 Å². The lowest BCUT2D eigenvalue weighted by molar-refractivity contribution is -0.141. The van der Waals surface area contributed by atoms with E-state index in [1.54, 1.807) is 0 Å². The van der Waals surface area contributed by atoms with Crippen LogP contribution in [0.25, 0.3) is 0 Å². The summed E-state index contributed by atoms with van der Waals surface area (Å²) in [4.78, 5) is 14.6. The molecule has 20 heavy (non-hydrogen) atoms. The third kappa shape index (κ3) is 3.19. The Hall–Kier alpha value is -1.39. The zero-order chi connectivity index (χ0) is 14.6. The van der Waals surface area contributed by atoms with E-state index in [-0.39, 0.29) is 5.91 Å². The van der Waals surface area contributed by atoms with Gasteiger partial charge in [-0.15, -0.1) is 0 Å². The minimum absolute atomic E-state index is 0.0477. The number of likely N-dealkylation sites (N-methyl/N-ethyl adjacent to an activating group) is 1. The number of carbonyl (C=O) groups is 1. The maximum Gasteiger partial charge on any atom is 0.243 e. The van der Waals surface area contributed by atoms with Crippen molar-refractivity contribution < 1.29 is 9.53 Å². The number of aryl methyl sites for hydroxylation is 1. The Balaban J connectivity index is 2.11. The molecular weight excluding hydrogens is 252 g/mol. The van der Waals surface area contributed by atoms with Crippen molar-refractivity contribution in [1.82, 2.24) is 4.90 Å². The minimum Gasteiger partial charge on any atom is -0.381 e. The molecule has 1 heterocycles. The molecule has 2 N–H and O–H groups in total. The second kappa shape index (κ2) is 6.37. The van der Waals surface area contributed by atoms with Crippen molar-refractivity contribution in [1.29, 1.82) is 0 Å². The summed E-state index contributed by atoms with van der Waals surface area (Å²) in [6.45, 7) is 6.52. The number of rotatable bonds is 4.